The van der Waals surface area contributed by atoms with E-state index in [1.165, 1.54) is 0 Å². The number of benzene rings is 1. The van der Waals surface area contributed by atoms with Gasteiger partial charge in [-0.1, -0.05) is 38.4 Å². The topological polar surface area (TPSA) is 4.36 Å². The van der Waals surface area contributed by atoms with E-state index in [9.17, 15) is 0 Å². The molecule has 0 bridgehead atoms. The van der Waals surface area contributed by atoms with E-state index in [-0.39, 0.29) is 5.41 Å². The fraction of sp³-hybridized carbons (Fsp3) is 0.364. The van der Waals surface area contributed by atoms with Gasteiger partial charge in [-0.2, -0.15) is 0 Å². The van der Waals surface area contributed by atoms with Gasteiger partial charge in [-0.05, 0) is 23.1 Å². The van der Waals surface area contributed by atoms with Gasteiger partial charge in [0.15, 0.2) is 5.69 Å². The molecule has 0 unspecified atom stereocenters. The summed E-state index contributed by atoms with van der Waals surface area (Å²) in [6, 6.07) is 5.47. The van der Waals surface area contributed by atoms with Crippen LogP contribution in [0.1, 0.15) is 26.3 Å². The summed E-state index contributed by atoms with van der Waals surface area (Å²) in [6.07, 6.45) is 0. The molecule has 13 heavy (non-hydrogen) atoms. The predicted octanol–water partition coefficient (Wildman–Crippen LogP) is 4.19. The molecule has 0 saturated heterocycles. The largest absolute Gasteiger partial charge is 0.238 e. The first-order chi connectivity index (χ1) is 5.95. The lowest BCUT2D eigenvalue weighted by molar-refractivity contribution is 0.593. The lowest BCUT2D eigenvalue weighted by atomic mass is 9.86. The fourth-order valence-electron chi connectivity index (χ4n) is 1.23. The van der Waals surface area contributed by atoms with Crippen LogP contribution < -0.4 is 0 Å². The number of hydrogen-bond acceptors (Lipinski definition) is 0. The maximum Gasteiger partial charge on any atom is 0.192 e. The fourth-order valence-corrected chi connectivity index (χ4v) is 1.40. The summed E-state index contributed by atoms with van der Waals surface area (Å²) in [6.45, 7) is 13.3. The Morgan fingerprint density at radius 2 is 1.92 bits per heavy atom. The van der Waals surface area contributed by atoms with Crippen molar-refractivity contribution in [3.8, 4) is 0 Å². The minimum atomic E-state index is 0.00444. The molecule has 0 fully saturated rings. The second-order valence-corrected chi connectivity index (χ2v) is 4.46. The number of hydrogen-bond donors (Lipinski definition) is 0. The van der Waals surface area contributed by atoms with E-state index in [0.29, 0.717) is 10.7 Å². The zero-order valence-corrected chi connectivity index (χ0v) is 8.81. The summed E-state index contributed by atoms with van der Waals surface area (Å²) in [5.74, 6) is 0. The lowest BCUT2D eigenvalue weighted by Gasteiger charge is -2.20. The summed E-state index contributed by atoms with van der Waals surface area (Å²) in [5, 5.41) is 0.624. The van der Waals surface area contributed by atoms with Crippen molar-refractivity contribution in [1.82, 2.24) is 0 Å². The van der Waals surface area contributed by atoms with Gasteiger partial charge >= 0.3 is 0 Å². The van der Waals surface area contributed by atoms with Crippen molar-refractivity contribution < 1.29 is 0 Å². The summed E-state index contributed by atoms with van der Waals surface area (Å²) in [4.78, 5) is 3.46. The highest BCUT2D eigenvalue weighted by molar-refractivity contribution is 6.30. The molecule has 0 atom stereocenters. The summed E-state index contributed by atoms with van der Waals surface area (Å²) >= 11 is 5.80. The Balaban J connectivity index is 3.32. The van der Waals surface area contributed by atoms with Crippen LogP contribution in [-0.2, 0) is 5.41 Å². The van der Waals surface area contributed by atoms with Crippen LogP contribution in [-0.4, -0.2) is 0 Å². The van der Waals surface area contributed by atoms with E-state index in [1.807, 2.05) is 12.1 Å². The van der Waals surface area contributed by atoms with Crippen LogP contribution in [0.15, 0.2) is 18.2 Å². The average molecular weight is 194 g/mol. The van der Waals surface area contributed by atoms with Crippen LogP contribution >= 0.6 is 11.6 Å². The second kappa shape index (κ2) is 3.40. The third-order valence-electron chi connectivity index (χ3n) is 1.89. The molecule has 0 saturated carbocycles. The molecule has 1 nitrogen and oxygen atoms in total. The van der Waals surface area contributed by atoms with E-state index >= 15 is 0 Å². The minimum Gasteiger partial charge on any atom is -0.238 e. The van der Waals surface area contributed by atoms with E-state index in [4.69, 9.17) is 18.2 Å². The molecule has 0 amide bonds. The molecule has 68 valence electrons. The van der Waals surface area contributed by atoms with Gasteiger partial charge in [-0.25, -0.2) is 4.85 Å². The third-order valence-corrected chi connectivity index (χ3v) is 2.12. The number of nitrogens with zero attached hydrogens (tertiary/aromatic N) is 1. The molecule has 2 heteroatoms. The van der Waals surface area contributed by atoms with Gasteiger partial charge in [0.25, 0.3) is 0 Å². The molecule has 0 N–H and O–H groups in total. The highest BCUT2D eigenvalue weighted by Gasteiger charge is 2.17. The standard InChI is InChI=1S/C11H12ClN/c1-11(2,3)9-6-5-8(12)7-10(9)13-4/h5-7H,1-3H3. The van der Waals surface area contributed by atoms with Crippen LogP contribution in [0.5, 0.6) is 0 Å². The zero-order valence-electron chi connectivity index (χ0n) is 8.06. The first-order valence-corrected chi connectivity index (χ1v) is 4.50. The van der Waals surface area contributed by atoms with Crippen LogP contribution in [0, 0.1) is 6.57 Å². The molecule has 1 aromatic rings. The molecule has 1 rings (SSSR count). The normalized spacial score (nSPS) is 11.0. The first kappa shape index (κ1) is 10.1. The molecule has 0 aliphatic rings. The molecule has 0 heterocycles. The Kier molecular flexibility index (Phi) is 2.63. The summed E-state index contributed by atoms with van der Waals surface area (Å²) in [5.41, 5.74) is 1.71. The Morgan fingerprint density at radius 1 is 1.31 bits per heavy atom. The van der Waals surface area contributed by atoms with E-state index in [0.717, 1.165) is 5.56 Å². The molecule has 1 aromatic carbocycles. The second-order valence-electron chi connectivity index (χ2n) is 4.02. The van der Waals surface area contributed by atoms with E-state index < -0.39 is 0 Å². The highest BCUT2D eigenvalue weighted by atomic mass is 35.5. The molecule has 0 aliphatic heterocycles. The minimum absolute atomic E-state index is 0.00444. The summed E-state index contributed by atoms with van der Waals surface area (Å²) < 4.78 is 0. The van der Waals surface area contributed by atoms with Crippen molar-refractivity contribution in [2.45, 2.75) is 26.2 Å². The third kappa shape index (κ3) is 2.23. The average Bonchev–Trinajstić information content (AvgIpc) is 2.01. The van der Waals surface area contributed by atoms with Crippen molar-refractivity contribution in [2.24, 2.45) is 0 Å². The van der Waals surface area contributed by atoms with Gasteiger partial charge in [0.1, 0.15) is 0 Å². The molecule has 0 aromatic heterocycles. The maximum atomic E-state index is 7.03. The Bertz CT molecular complexity index is 355. The Hall–Kier alpha value is -1.00. The molecular weight excluding hydrogens is 182 g/mol. The monoisotopic (exact) mass is 193 g/mol. The molecule has 0 radical (unpaired) electrons. The van der Waals surface area contributed by atoms with E-state index in [1.54, 1.807) is 6.07 Å². The Labute approximate surface area is 84.2 Å². The van der Waals surface area contributed by atoms with Gasteiger partial charge in [0.05, 0.1) is 6.57 Å². The van der Waals surface area contributed by atoms with Crippen molar-refractivity contribution in [1.29, 1.82) is 0 Å². The quantitative estimate of drug-likeness (QED) is 0.545. The van der Waals surface area contributed by atoms with Crippen LogP contribution in [0.25, 0.3) is 4.85 Å². The number of rotatable bonds is 0. The van der Waals surface area contributed by atoms with E-state index in [2.05, 4.69) is 25.6 Å². The van der Waals surface area contributed by atoms with Crippen molar-refractivity contribution >= 4 is 17.3 Å². The molecule has 0 aliphatic carbocycles. The van der Waals surface area contributed by atoms with Gasteiger partial charge in [0, 0.05) is 5.02 Å². The Morgan fingerprint density at radius 3 is 2.38 bits per heavy atom. The summed E-state index contributed by atoms with van der Waals surface area (Å²) in [7, 11) is 0. The predicted molar refractivity (Wildman–Crippen MR) is 56.4 cm³/mol. The van der Waals surface area contributed by atoms with Crippen LogP contribution in [0.4, 0.5) is 5.69 Å². The molecular formula is C11H12ClN. The number of halogens is 1. The van der Waals surface area contributed by atoms with Crippen molar-refractivity contribution in [2.75, 3.05) is 0 Å². The van der Waals surface area contributed by atoms with Crippen molar-refractivity contribution in [3.05, 3.63) is 40.2 Å². The molecule has 0 spiro atoms. The van der Waals surface area contributed by atoms with Gasteiger partial charge in [-0.15, -0.1) is 0 Å². The van der Waals surface area contributed by atoms with Crippen molar-refractivity contribution in [3.63, 3.8) is 0 Å². The zero-order chi connectivity index (χ0) is 10.1. The maximum absolute atomic E-state index is 7.03. The smallest absolute Gasteiger partial charge is 0.192 e. The van der Waals surface area contributed by atoms with Gasteiger partial charge < -0.3 is 0 Å². The van der Waals surface area contributed by atoms with Gasteiger partial charge in [0.2, 0.25) is 0 Å². The van der Waals surface area contributed by atoms with Crippen LogP contribution in [0.2, 0.25) is 5.02 Å². The van der Waals surface area contributed by atoms with Crippen LogP contribution in [0.3, 0.4) is 0 Å². The first-order valence-electron chi connectivity index (χ1n) is 4.12. The highest BCUT2D eigenvalue weighted by Crippen LogP contribution is 2.33. The SMILES string of the molecule is [C-]#[N+]c1cc(Cl)ccc1C(C)(C)C. The lowest BCUT2D eigenvalue weighted by Crippen LogP contribution is -2.10. The van der Waals surface area contributed by atoms with Gasteiger partial charge in [-0.3, -0.25) is 0 Å².